The lowest BCUT2D eigenvalue weighted by molar-refractivity contribution is 0.397. The van der Waals surface area contributed by atoms with E-state index in [2.05, 4.69) is 25.8 Å². The molecule has 0 aliphatic heterocycles. The summed E-state index contributed by atoms with van der Waals surface area (Å²) >= 11 is 0. The molecule has 1 atom stereocenters. The summed E-state index contributed by atoms with van der Waals surface area (Å²) in [6.07, 6.45) is 0.862. The highest BCUT2D eigenvalue weighted by Crippen LogP contribution is 2.23. The van der Waals surface area contributed by atoms with Crippen LogP contribution in [0.2, 0.25) is 0 Å². The largest absolute Gasteiger partial charge is 0.430 e. The minimum absolute atomic E-state index is 0.159. The molecule has 0 saturated heterocycles. The van der Waals surface area contributed by atoms with Crippen LogP contribution in [0.25, 0.3) is 11.1 Å². The van der Waals surface area contributed by atoms with Crippen LogP contribution in [0.3, 0.4) is 0 Å². The Bertz CT molecular complexity index is 584. The first-order valence-corrected chi connectivity index (χ1v) is 7.21. The van der Waals surface area contributed by atoms with Crippen LogP contribution in [0, 0.1) is 5.41 Å². The minimum Gasteiger partial charge on any atom is -0.430 e. The summed E-state index contributed by atoms with van der Waals surface area (Å²) in [4.78, 5) is 4.23. The predicted molar refractivity (Wildman–Crippen MR) is 73.8 cm³/mol. The molecule has 0 aliphatic rings. The number of hydrogen-bond donors (Lipinski definition) is 1. The Labute approximate surface area is 109 Å². The number of aromatic nitrogens is 1. The molecule has 0 bridgehead atoms. The van der Waals surface area contributed by atoms with Gasteiger partial charge in [0.1, 0.15) is 16.3 Å². The van der Waals surface area contributed by atoms with Gasteiger partial charge >= 0.3 is 0 Å². The number of benzene rings is 1. The molecule has 0 aliphatic carbocycles. The normalized spacial score (nSPS) is 13.9. The van der Waals surface area contributed by atoms with Gasteiger partial charge in [0.15, 0.2) is 5.58 Å². The quantitative estimate of drug-likeness (QED) is 0.867. The van der Waals surface area contributed by atoms with Crippen LogP contribution < -0.4 is 5.73 Å². The molecule has 4 nitrogen and oxygen atoms in total. The van der Waals surface area contributed by atoms with Gasteiger partial charge in [-0.3, -0.25) is 0 Å². The zero-order valence-electron chi connectivity index (χ0n) is 10.9. The third-order valence-electron chi connectivity index (χ3n) is 2.62. The third kappa shape index (κ3) is 3.10. The molecular weight excluding hydrogens is 248 g/mol. The second-order valence-electron chi connectivity index (χ2n) is 5.57. The summed E-state index contributed by atoms with van der Waals surface area (Å²) in [6.45, 7) is 6.37. The van der Waals surface area contributed by atoms with E-state index in [1.165, 1.54) is 0 Å². The van der Waals surface area contributed by atoms with Crippen molar-refractivity contribution in [1.82, 2.24) is 4.98 Å². The number of nitrogens with zero attached hydrogens (tertiary/aromatic N) is 1. The van der Waals surface area contributed by atoms with E-state index >= 15 is 0 Å². The molecule has 0 radical (unpaired) electrons. The molecule has 2 rings (SSSR count). The van der Waals surface area contributed by atoms with E-state index < -0.39 is 10.8 Å². The Morgan fingerprint density at radius 3 is 2.78 bits per heavy atom. The fraction of sp³-hybridized carbons (Fsp3) is 0.462. The zero-order chi connectivity index (χ0) is 13.3. The molecule has 0 spiro atoms. The van der Waals surface area contributed by atoms with Gasteiger partial charge < -0.3 is 10.2 Å². The van der Waals surface area contributed by atoms with Crippen LogP contribution in [-0.2, 0) is 10.8 Å². The first kappa shape index (κ1) is 13.1. The summed E-state index contributed by atoms with van der Waals surface area (Å²) in [6, 6.07) is 5.22. The highest BCUT2D eigenvalue weighted by molar-refractivity contribution is 7.84. The lowest BCUT2D eigenvalue weighted by Crippen LogP contribution is -2.10. The number of nitrogens with two attached hydrogens (primary N) is 1. The predicted octanol–water partition coefficient (Wildman–Crippen LogP) is 2.95. The van der Waals surface area contributed by atoms with Gasteiger partial charge in [0, 0.05) is 11.4 Å². The van der Waals surface area contributed by atoms with Crippen molar-refractivity contribution in [3.8, 4) is 0 Å². The molecule has 1 unspecified atom stereocenters. The van der Waals surface area contributed by atoms with Gasteiger partial charge in [-0.05, 0) is 30.0 Å². The molecule has 1 aromatic heterocycles. The molecule has 0 amide bonds. The SMILES string of the molecule is CC(C)(C)CCS(=O)c1nc2cc(N)ccc2o1. The lowest BCUT2D eigenvalue weighted by atomic mass is 9.94. The van der Waals surface area contributed by atoms with Gasteiger partial charge in [-0.25, -0.2) is 9.19 Å². The van der Waals surface area contributed by atoms with Crippen molar-refractivity contribution in [2.24, 2.45) is 5.41 Å². The number of anilines is 1. The Kier molecular flexibility index (Phi) is 3.43. The Morgan fingerprint density at radius 2 is 2.11 bits per heavy atom. The first-order valence-electron chi connectivity index (χ1n) is 5.90. The first-order chi connectivity index (χ1) is 8.35. The number of oxazole rings is 1. The van der Waals surface area contributed by atoms with Crippen LogP contribution in [0.1, 0.15) is 27.2 Å². The van der Waals surface area contributed by atoms with Crippen LogP contribution in [-0.4, -0.2) is 14.9 Å². The van der Waals surface area contributed by atoms with Crippen molar-refractivity contribution in [2.45, 2.75) is 32.4 Å². The third-order valence-corrected chi connectivity index (χ3v) is 3.76. The van der Waals surface area contributed by atoms with Gasteiger partial charge in [-0.15, -0.1) is 0 Å². The Morgan fingerprint density at radius 1 is 1.39 bits per heavy atom. The molecule has 1 heterocycles. The van der Waals surface area contributed by atoms with Gasteiger partial charge in [0.2, 0.25) is 0 Å². The van der Waals surface area contributed by atoms with E-state index in [1.807, 2.05) is 0 Å². The summed E-state index contributed by atoms with van der Waals surface area (Å²) in [5, 5.41) is 0.292. The molecule has 0 saturated carbocycles. The lowest BCUT2D eigenvalue weighted by Gasteiger charge is -2.16. The molecule has 0 fully saturated rings. The fourth-order valence-electron chi connectivity index (χ4n) is 1.51. The van der Waals surface area contributed by atoms with E-state index in [-0.39, 0.29) is 5.41 Å². The molecule has 2 N–H and O–H groups in total. The van der Waals surface area contributed by atoms with Crippen LogP contribution >= 0.6 is 0 Å². The maximum absolute atomic E-state index is 12.1. The standard InChI is InChI=1S/C13H18N2O2S/c1-13(2,3)6-7-18(16)12-15-10-8-9(14)4-5-11(10)17-12/h4-5,8H,6-7,14H2,1-3H3. The Balaban J connectivity index is 2.18. The topological polar surface area (TPSA) is 69.1 Å². The summed E-state index contributed by atoms with van der Waals surface area (Å²) in [5.41, 5.74) is 7.74. The molecule has 18 heavy (non-hydrogen) atoms. The molecular formula is C13H18N2O2S. The van der Waals surface area contributed by atoms with Crippen molar-refractivity contribution in [3.05, 3.63) is 18.2 Å². The summed E-state index contributed by atoms with van der Waals surface area (Å²) < 4.78 is 17.6. The molecule has 2 aromatic rings. The zero-order valence-corrected chi connectivity index (χ0v) is 11.7. The highest BCUT2D eigenvalue weighted by atomic mass is 32.2. The van der Waals surface area contributed by atoms with E-state index in [1.54, 1.807) is 18.2 Å². The smallest absolute Gasteiger partial charge is 0.287 e. The summed E-state index contributed by atoms with van der Waals surface area (Å²) in [5.74, 6) is 0.561. The highest BCUT2D eigenvalue weighted by Gasteiger charge is 2.17. The van der Waals surface area contributed by atoms with Gasteiger partial charge in [-0.1, -0.05) is 20.8 Å². The number of rotatable bonds is 3. The minimum atomic E-state index is -1.19. The van der Waals surface area contributed by atoms with Crippen molar-refractivity contribution in [1.29, 1.82) is 0 Å². The Hall–Kier alpha value is -1.36. The van der Waals surface area contributed by atoms with E-state index in [9.17, 15) is 4.21 Å². The average molecular weight is 266 g/mol. The maximum Gasteiger partial charge on any atom is 0.287 e. The second kappa shape index (κ2) is 4.72. The van der Waals surface area contributed by atoms with Crippen LogP contribution in [0.15, 0.2) is 27.8 Å². The second-order valence-corrected chi connectivity index (χ2v) is 7.02. The van der Waals surface area contributed by atoms with Gasteiger partial charge in [0.05, 0.1) is 0 Å². The van der Waals surface area contributed by atoms with Gasteiger partial charge in [0.25, 0.3) is 5.22 Å². The molecule has 1 aromatic carbocycles. The fourth-order valence-corrected chi connectivity index (χ4v) is 2.86. The van der Waals surface area contributed by atoms with E-state index in [0.717, 1.165) is 6.42 Å². The van der Waals surface area contributed by atoms with Crippen molar-refractivity contribution >= 4 is 27.6 Å². The van der Waals surface area contributed by atoms with Crippen molar-refractivity contribution in [3.63, 3.8) is 0 Å². The van der Waals surface area contributed by atoms with Crippen molar-refractivity contribution < 1.29 is 8.63 Å². The van der Waals surface area contributed by atoms with Crippen LogP contribution in [0.5, 0.6) is 0 Å². The van der Waals surface area contributed by atoms with Crippen molar-refractivity contribution in [2.75, 3.05) is 11.5 Å². The summed E-state index contributed by atoms with van der Waals surface area (Å²) in [7, 11) is -1.19. The van der Waals surface area contributed by atoms with Gasteiger partial charge in [-0.2, -0.15) is 0 Å². The number of nitrogen functional groups attached to an aromatic ring is 1. The number of fused-ring (bicyclic) bond motifs is 1. The molecule has 98 valence electrons. The maximum atomic E-state index is 12.1. The van der Waals surface area contributed by atoms with E-state index in [0.29, 0.717) is 27.8 Å². The van der Waals surface area contributed by atoms with Crippen LogP contribution in [0.4, 0.5) is 5.69 Å². The average Bonchev–Trinajstić information content (AvgIpc) is 2.67. The number of hydrogen-bond acceptors (Lipinski definition) is 4. The monoisotopic (exact) mass is 266 g/mol. The van der Waals surface area contributed by atoms with E-state index in [4.69, 9.17) is 10.2 Å². The molecule has 5 heteroatoms.